The minimum absolute atomic E-state index is 0.104. The minimum atomic E-state index is -3.58. The summed E-state index contributed by atoms with van der Waals surface area (Å²) in [5.41, 5.74) is 1.15. The van der Waals surface area contributed by atoms with Crippen LogP contribution in [0.25, 0.3) is 0 Å². The zero-order valence-electron chi connectivity index (χ0n) is 18.3. The summed E-state index contributed by atoms with van der Waals surface area (Å²) in [4.78, 5) is 12.6. The summed E-state index contributed by atoms with van der Waals surface area (Å²) in [6, 6.07) is 10.6. The molecule has 2 rings (SSSR count). The van der Waals surface area contributed by atoms with Crippen molar-refractivity contribution in [1.82, 2.24) is 5.32 Å². The molecule has 32 heavy (non-hydrogen) atoms. The summed E-state index contributed by atoms with van der Waals surface area (Å²) in [6.45, 7) is 1.89. The average molecular weight is 503 g/mol. The number of methoxy groups -OCH3 is 1. The molecule has 1 amide bonds. The summed E-state index contributed by atoms with van der Waals surface area (Å²) in [7, 11) is -5.40. The Bertz CT molecular complexity index is 1170. The molecule has 0 aliphatic carbocycles. The summed E-state index contributed by atoms with van der Waals surface area (Å²) in [6.07, 6.45) is 2.63. The standard InChI is InChI=1S/C21H27ClN2O6S2/c1-15(16-7-10-18(11-8-16)31(3,26)27)23-21(25)6-5-13-24(32(4,28)29)17-9-12-20(30-2)19(22)14-17/h7-12,14-15H,5-6,13H2,1-4H3,(H,23,25). The SMILES string of the molecule is COc1ccc(N(CCCC(=O)NC(C)c2ccc(S(C)(=O)=O)cc2)S(C)(=O)=O)cc1Cl. The fourth-order valence-electron chi connectivity index (χ4n) is 3.08. The smallest absolute Gasteiger partial charge is 0.232 e. The van der Waals surface area contributed by atoms with Crippen molar-refractivity contribution in [2.75, 3.05) is 30.5 Å². The lowest BCUT2D eigenvalue weighted by Gasteiger charge is -2.23. The average Bonchev–Trinajstić information content (AvgIpc) is 2.69. The number of ether oxygens (including phenoxy) is 1. The quantitative estimate of drug-likeness (QED) is 0.534. The zero-order valence-corrected chi connectivity index (χ0v) is 20.7. The van der Waals surface area contributed by atoms with E-state index in [9.17, 15) is 21.6 Å². The highest BCUT2D eigenvalue weighted by Gasteiger charge is 2.19. The van der Waals surface area contributed by atoms with Crippen LogP contribution >= 0.6 is 11.6 Å². The van der Waals surface area contributed by atoms with Crippen LogP contribution in [0, 0.1) is 0 Å². The summed E-state index contributed by atoms with van der Waals surface area (Å²) < 4.78 is 53.9. The van der Waals surface area contributed by atoms with Crippen LogP contribution in [0.2, 0.25) is 5.02 Å². The molecule has 1 unspecified atom stereocenters. The van der Waals surface area contributed by atoms with Gasteiger partial charge >= 0.3 is 0 Å². The van der Waals surface area contributed by atoms with Gasteiger partial charge in [0.25, 0.3) is 0 Å². The van der Waals surface area contributed by atoms with Gasteiger partial charge in [0.05, 0.1) is 35.0 Å². The van der Waals surface area contributed by atoms with Crippen LogP contribution in [0.3, 0.4) is 0 Å². The molecule has 0 aromatic heterocycles. The third-order valence-electron chi connectivity index (χ3n) is 4.77. The van der Waals surface area contributed by atoms with Gasteiger partial charge in [0.15, 0.2) is 9.84 Å². The molecule has 0 aliphatic rings. The number of carbonyl (C=O) groups is 1. The van der Waals surface area contributed by atoms with E-state index in [1.165, 1.54) is 29.6 Å². The predicted molar refractivity (Wildman–Crippen MR) is 126 cm³/mol. The van der Waals surface area contributed by atoms with Crippen LogP contribution in [0.5, 0.6) is 5.75 Å². The van der Waals surface area contributed by atoms with E-state index >= 15 is 0 Å². The second-order valence-corrected chi connectivity index (χ2v) is 11.7. The van der Waals surface area contributed by atoms with Gasteiger partial charge in [-0.15, -0.1) is 0 Å². The van der Waals surface area contributed by atoms with Gasteiger partial charge < -0.3 is 10.1 Å². The molecule has 176 valence electrons. The number of hydrogen-bond donors (Lipinski definition) is 1. The van der Waals surface area contributed by atoms with Crippen molar-refractivity contribution in [2.24, 2.45) is 0 Å². The highest BCUT2D eigenvalue weighted by molar-refractivity contribution is 7.92. The number of nitrogens with zero attached hydrogens (tertiary/aromatic N) is 1. The van der Waals surface area contributed by atoms with Crippen LogP contribution < -0.4 is 14.4 Å². The molecule has 11 heteroatoms. The first-order valence-corrected chi connectivity index (χ1v) is 13.9. The number of anilines is 1. The molecular weight excluding hydrogens is 476 g/mol. The number of nitrogens with one attached hydrogen (secondary N) is 1. The highest BCUT2D eigenvalue weighted by atomic mass is 35.5. The van der Waals surface area contributed by atoms with Crippen molar-refractivity contribution >= 4 is 43.1 Å². The number of hydrogen-bond acceptors (Lipinski definition) is 6. The Morgan fingerprint density at radius 1 is 1.09 bits per heavy atom. The maximum absolute atomic E-state index is 12.3. The predicted octanol–water partition coefficient (Wildman–Crippen LogP) is 3.18. The number of halogens is 1. The Labute approximate surface area is 194 Å². The number of rotatable bonds is 10. The Kier molecular flexibility index (Phi) is 8.55. The number of sulfonamides is 1. The molecule has 1 N–H and O–H groups in total. The Hall–Kier alpha value is -2.30. The summed E-state index contributed by atoms with van der Waals surface area (Å²) in [5, 5.41) is 3.12. The topological polar surface area (TPSA) is 110 Å². The van der Waals surface area contributed by atoms with Crippen molar-refractivity contribution in [1.29, 1.82) is 0 Å². The van der Waals surface area contributed by atoms with E-state index in [1.54, 1.807) is 31.2 Å². The lowest BCUT2D eigenvalue weighted by atomic mass is 10.1. The van der Waals surface area contributed by atoms with E-state index in [0.29, 0.717) is 17.9 Å². The van der Waals surface area contributed by atoms with Gasteiger partial charge in [-0.25, -0.2) is 16.8 Å². The summed E-state index contributed by atoms with van der Waals surface area (Å²) in [5.74, 6) is 0.188. The fraction of sp³-hybridized carbons (Fsp3) is 0.381. The molecule has 2 aromatic carbocycles. The Balaban J connectivity index is 1.98. The van der Waals surface area contributed by atoms with E-state index in [1.807, 2.05) is 0 Å². The second-order valence-electron chi connectivity index (χ2n) is 7.39. The van der Waals surface area contributed by atoms with Gasteiger partial charge in [-0.3, -0.25) is 9.10 Å². The second kappa shape index (κ2) is 10.5. The van der Waals surface area contributed by atoms with Gasteiger partial charge in [-0.05, 0) is 49.2 Å². The highest BCUT2D eigenvalue weighted by Crippen LogP contribution is 2.30. The molecule has 0 heterocycles. The monoisotopic (exact) mass is 502 g/mol. The number of benzene rings is 2. The molecule has 2 aromatic rings. The van der Waals surface area contributed by atoms with E-state index in [0.717, 1.165) is 18.1 Å². The van der Waals surface area contributed by atoms with Gasteiger partial charge in [0.1, 0.15) is 5.75 Å². The van der Waals surface area contributed by atoms with Crippen LogP contribution in [-0.2, 0) is 24.7 Å². The van der Waals surface area contributed by atoms with Crippen LogP contribution in [0.15, 0.2) is 47.4 Å². The first-order chi connectivity index (χ1) is 14.8. The van der Waals surface area contributed by atoms with Crippen molar-refractivity contribution in [3.8, 4) is 5.75 Å². The largest absolute Gasteiger partial charge is 0.495 e. The Morgan fingerprint density at radius 3 is 2.22 bits per heavy atom. The normalized spacial score (nSPS) is 12.8. The molecule has 0 bridgehead atoms. The molecule has 0 saturated carbocycles. The lowest BCUT2D eigenvalue weighted by molar-refractivity contribution is -0.121. The molecular formula is C21H27ClN2O6S2. The van der Waals surface area contributed by atoms with Crippen LogP contribution in [0.4, 0.5) is 5.69 Å². The first kappa shape index (κ1) is 26.0. The molecule has 8 nitrogen and oxygen atoms in total. The molecule has 1 atom stereocenters. The number of carbonyl (C=O) groups excluding carboxylic acids is 1. The first-order valence-electron chi connectivity index (χ1n) is 9.73. The van der Waals surface area contributed by atoms with Crippen LogP contribution in [0.1, 0.15) is 31.4 Å². The fourth-order valence-corrected chi connectivity index (χ4v) is 4.92. The van der Waals surface area contributed by atoms with Crippen molar-refractivity contribution in [3.05, 3.63) is 53.1 Å². The lowest BCUT2D eigenvalue weighted by Crippen LogP contribution is -2.32. The van der Waals surface area contributed by atoms with Crippen molar-refractivity contribution in [2.45, 2.75) is 30.7 Å². The van der Waals surface area contributed by atoms with E-state index < -0.39 is 19.9 Å². The van der Waals surface area contributed by atoms with Crippen molar-refractivity contribution in [3.63, 3.8) is 0 Å². The maximum atomic E-state index is 12.3. The van der Waals surface area contributed by atoms with Gasteiger partial charge in [0.2, 0.25) is 15.9 Å². The van der Waals surface area contributed by atoms with Crippen molar-refractivity contribution < 1.29 is 26.4 Å². The molecule has 0 saturated heterocycles. The van der Waals surface area contributed by atoms with Gasteiger partial charge in [-0.2, -0.15) is 0 Å². The van der Waals surface area contributed by atoms with Gasteiger partial charge in [-0.1, -0.05) is 23.7 Å². The van der Waals surface area contributed by atoms with Gasteiger partial charge in [0, 0.05) is 19.2 Å². The summed E-state index contributed by atoms with van der Waals surface area (Å²) >= 11 is 6.11. The number of amides is 1. The van der Waals surface area contributed by atoms with Crippen LogP contribution in [-0.4, -0.2) is 48.9 Å². The maximum Gasteiger partial charge on any atom is 0.232 e. The zero-order chi connectivity index (χ0) is 24.1. The molecule has 0 spiro atoms. The third kappa shape index (κ3) is 7.11. The molecule has 0 fully saturated rings. The third-order valence-corrected chi connectivity index (χ3v) is 7.39. The van der Waals surface area contributed by atoms with E-state index in [-0.39, 0.29) is 34.8 Å². The molecule has 0 radical (unpaired) electrons. The molecule has 0 aliphatic heterocycles. The van der Waals surface area contributed by atoms with E-state index in [4.69, 9.17) is 16.3 Å². The number of sulfone groups is 1. The minimum Gasteiger partial charge on any atom is -0.495 e. The Morgan fingerprint density at radius 2 is 1.72 bits per heavy atom. The van der Waals surface area contributed by atoms with E-state index in [2.05, 4.69) is 5.32 Å².